The lowest BCUT2D eigenvalue weighted by Gasteiger charge is -2.45. The van der Waals surface area contributed by atoms with Gasteiger partial charge in [-0.25, -0.2) is 4.79 Å². The van der Waals surface area contributed by atoms with Crippen LogP contribution in [0.4, 0.5) is 4.79 Å². The van der Waals surface area contributed by atoms with Crippen LogP contribution in [0.2, 0.25) is 0 Å². The molecule has 0 spiro atoms. The van der Waals surface area contributed by atoms with Gasteiger partial charge in [0.15, 0.2) is 0 Å². The van der Waals surface area contributed by atoms with Gasteiger partial charge in [0, 0.05) is 24.2 Å². The van der Waals surface area contributed by atoms with E-state index >= 15 is 0 Å². The molecule has 1 aromatic rings. The summed E-state index contributed by atoms with van der Waals surface area (Å²) in [5.41, 5.74) is 0.757. The van der Waals surface area contributed by atoms with Gasteiger partial charge in [0.2, 0.25) is 0 Å². The lowest BCUT2D eigenvalue weighted by atomic mass is 9.84. The Bertz CT molecular complexity index is 565. The van der Waals surface area contributed by atoms with Crippen molar-refractivity contribution < 1.29 is 9.53 Å². The Balaban J connectivity index is 1.63. The molecule has 132 valence electrons. The van der Waals surface area contributed by atoms with Crippen LogP contribution in [-0.4, -0.2) is 34.2 Å². The number of benzene rings is 1. The van der Waals surface area contributed by atoms with Gasteiger partial charge >= 0.3 is 6.09 Å². The molecule has 0 unspecified atom stereocenters. The van der Waals surface area contributed by atoms with Crippen molar-refractivity contribution in [3.63, 3.8) is 0 Å². The summed E-state index contributed by atoms with van der Waals surface area (Å²) >= 11 is 0. The molecule has 0 aromatic heterocycles. The second-order valence-corrected chi connectivity index (χ2v) is 8.64. The number of nitrogens with zero attached hydrogens (tertiary/aromatic N) is 1. The number of ether oxygens (including phenoxy) is 1. The zero-order chi connectivity index (χ0) is 17.4. The highest BCUT2D eigenvalue weighted by atomic mass is 16.6. The fourth-order valence-electron chi connectivity index (χ4n) is 4.28. The van der Waals surface area contributed by atoms with Crippen LogP contribution in [-0.2, 0) is 11.3 Å². The predicted octanol–water partition coefficient (Wildman–Crippen LogP) is 4.10. The van der Waals surface area contributed by atoms with Crippen LogP contribution in [0.25, 0.3) is 0 Å². The highest BCUT2D eigenvalue weighted by Gasteiger charge is 2.46. The van der Waals surface area contributed by atoms with E-state index in [4.69, 9.17) is 4.74 Å². The molecule has 2 aliphatic heterocycles. The van der Waals surface area contributed by atoms with Gasteiger partial charge in [-0.2, -0.15) is 0 Å². The topological polar surface area (TPSA) is 41.6 Å². The van der Waals surface area contributed by atoms with Gasteiger partial charge in [-0.1, -0.05) is 30.3 Å². The minimum absolute atomic E-state index is 0.165. The maximum Gasteiger partial charge on any atom is 0.408 e. The van der Waals surface area contributed by atoms with Gasteiger partial charge in [-0.05, 0) is 58.9 Å². The van der Waals surface area contributed by atoms with Crippen molar-refractivity contribution in [2.75, 3.05) is 0 Å². The number of carbonyl (C=O) groups excluding carboxylic acids is 1. The summed E-state index contributed by atoms with van der Waals surface area (Å²) in [6.45, 7) is 8.89. The molecule has 3 atom stereocenters. The van der Waals surface area contributed by atoms with E-state index in [1.807, 2.05) is 20.8 Å². The van der Waals surface area contributed by atoms with Crippen LogP contribution in [0, 0.1) is 0 Å². The Kier molecular flexibility index (Phi) is 4.60. The first-order valence-corrected chi connectivity index (χ1v) is 9.05. The molecule has 2 saturated heterocycles. The van der Waals surface area contributed by atoms with Crippen LogP contribution in [0.1, 0.15) is 58.9 Å². The first-order valence-electron chi connectivity index (χ1n) is 9.05. The minimum Gasteiger partial charge on any atom is -0.444 e. The molecule has 1 amide bonds. The molecule has 1 aromatic carbocycles. The Morgan fingerprint density at radius 3 is 2.33 bits per heavy atom. The molecule has 24 heavy (non-hydrogen) atoms. The van der Waals surface area contributed by atoms with E-state index in [-0.39, 0.29) is 11.6 Å². The van der Waals surface area contributed by atoms with Gasteiger partial charge < -0.3 is 10.1 Å². The molecular formula is C20H30N2O2. The largest absolute Gasteiger partial charge is 0.444 e. The average Bonchev–Trinajstić information content (AvgIpc) is 2.71. The van der Waals surface area contributed by atoms with Crippen molar-refractivity contribution in [3.05, 3.63) is 35.9 Å². The molecule has 0 radical (unpaired) electrons. The monoisotopic (exact) mass is 330 g/mol. The Morgan fingerprint density at radius 1 is 1.21 bits per heavy atom. The van der Waals surface area contributed by atoms with Crippen LogP contribution in [0.5, 0.6) is 0 Å². The summed E-state index contributed by atoms with van der Waals surface area (Å²) in [6.07, 6.45) is 4.15. The van der Waals surface area contributed by atoms with E-state index in [1.165, 1.54) is 18.4 Å². The van der Waals surface area contributed by atoms with Gasteiger partial charge in [0.05, 0.1) is 0 Å². The fourth-order valence-corrected chi connectivity index (χ4v) is 4.28. The summed E-state index contributed by atoms with van der Waals surface area (Å²) in [5.74, 6) is 0. The highest BCUT2D eigenvalue weighted by Crippen LogP contribution is 2.41. The van der Waals surface area contributed by atoms with Gasteiger partial charge in [0.25, 0.3) is 0 Å². The van der Waals surface area contributed by atoms with E-state index in [9.17, 15) is 4.79 Å². The van der Waals surface area contributed by atoms with E-state index in [0.717, 1.165) is 19.4 Å². The normalized spacial score (nSPS) is 30.2. The molecule has 4 heteroatoms. The second kappa shape index (κ2) is 6.40. The molecule has 4 nitrogen and oxygen atoms in total. The first kappa shape index (κ1) is 17.3. The number of carbonyl (C=O) groups is 1. The van der Waals surface area contributed by atoms with E-state index in [0.29, 0.717) is 12.1 Å². The SMILES string of the molecule is CC(C)(C)OC(=O)N[C@@]1(C)C[C@H]2CC[C@@H](C1)N2Cc1ccccc1. The number of piperidine rings is 1. The maximum atomic E-state index is 12.2. The maximum absolute atomic E-state index is 12.2. The third-order valence-electron chi connectivity index (χ3n) is 5.15. The summed E-state index contributed by atoms with van der Waals surface area (Å²) in [4.78, 5) is 14.8. The molecule has 3 rings (SSSR count). The van der Waals surface area contributed by atoms with Gasteiger partial charge in [0.1, 0.15) is 5.60 Å². The van der Waals surface area contributed by atoms with Crippen LogP contribution >= 0.6 is 0 Å². The van der Waals surface area contributed by atoms with Crippen LogP contribution in [0.3, 0.4) is 0 Å². The third kappa shape index (κ3) is 4.10. The van der Waals surface area contributed by atoms with Crippen molar-refractivity contribution in [1.82, 2.24) is 10.2 Å². The molecule has 0 aliphatic carbocycles. The molecular weight excluding hydrogens is 300 g/mol. The zero-order valence-electron chi connectivity index (χ0n) is 15.3. The van der Waals surface area contributed by atoms with Crippen molar-refractivity contribution in [3.8, 4) is 0 Å². The summed E-state index contributed by atoms with van der Waals surface area (Å²) in [6, 6.07) is 11.8. The standard InChI is InChI=1S/C20H30N2O2/c1-19(2,3)24-18(23)21-20(4)12-16-10-11-17(13-20)22(16)14-15-8-6-5-7-9-15/h5-9,16-17H,10-14H2,1-4H3,(H,21,23)/t16-,17+,20+. The molecule has 2 aliphatic rings. The Morgan fingerprint density at radius 2 is 1.79 bits per heavy atom. The molecule has 2 heterocycles. The van der Waals surface area contributed by atoms with E-state index < -0.39 is 5.60 Å². The van der Waals surface area contributed by atoms with Crippen molar-refractivity contribution in [1.29, 1.82) is 0 Å². The Hall–Kier alpha value is -1.55. The number of nitrogens with one attached hydrogen (secondary N) is 1. The summed E-state index contributed by atoms with van der Waals surface area (Å²) < 4.78 is 5.46. The number of hydrogen-bond acceptors (Lipinski definition) is 3. The summed E-state index contributed by atoms with van der Waals surface area (Å²) in [5, 5.41) is 3.15. The zero-order valence-corrected chi connectivity index (χ0v) is 15.3. The van der Waals surface area contributed by atoms with Crippen molar-refractivity contribution in [2.45, 2.75) is 83.1 Å². The number of fused-ring (bicyclic) bond motifs is 2. The molecule has 2 fully saturated rings. The number of alkyl carbamates (subject to hydrolysis) is 1. The smallest absolute Gasteiger partial charge is 0.408 e. The Labute approximate surface area is 145 Å². The molecule has 1 N–H and O–H groups in total. The number of rotatable bonds is 3. The summed E-state index contributed by atoms with van der Waals surface area (Å²) in [7, 11) is 0. The number of amides is 1. The average molecular weight is 330 g/mol. The molecule has 0 saturated carbocycles. The van der Waals surface area contributed by atoms with Crippen LogP contribution < -0.4 is 5.32 Å². The second-order valence-electron chi connectivity index (χ2n) is 8.64. The molecule has 2 bridgehead atoms. The minimum atomic E-state index is -0.451. The lowest BCUT2D eigenvalue weighted by Crippen LogP contribution is -2.57. The lowest BCUT2D eigenvalue weighted by molar-refractivity contribution is 0.0298. The van der Waals surface area contributed by atoms with Gasteiger partial charge in [-0.3, -0.25) is 4.90 Å². The number of hydrogen-bond donors (Lipinski definition) is 1. The van der Waals surface area contributed by atoms with Crippen molar-refractivity contribution in [2.24, 2.45) is 0 Å². The quantitative estimate of drug-likeness (QED) is 0.907. The van der Waals surface area contributed by atoms with Crippen molar-refractivity contribution >= 4 is 6.09 Å². The van der Waals surface area contributed by atoms with E-state index in [1.54, 1.807) is 0 Å². The highest BCUT2D eigenvalue weighted by molar-refractivity contribution is 5.68. The first-order chi connectivity index (χ1) is 11.2. The fraction of sp³-hybridized carbons (Fsp3) is 0.650. The van der Waals surface area contributed by atoms with Crippen LogP contribution in [0.15, 0.2) is 30.3 Å². The third-order valence-corrected chi connectivity index (χ3v) is 5.15. The predicted molar refractivity (Wildman–Crippen MR) is 95.8 cm³/mol. The van der Waals surface area contributed by atoms with Gasteiger partial charge in [-0.15, -0.1) is 0 Å². The van der Waals surface area contributed by atoms with E-state index in [2.05, 4.69) is 47.5 Å².